The summed E-state index contributed by atoms with van der Waals surface area (Å²) in [5, 5.41) is 13.2. The molecule has 0 aliphatic rings. The van der Waals surface area contributed by atoms with Crippen LogP contribution in [-0.2, 0) is 16.4 Å². The molecule has 0 amide bonds. The first-order valence-electron chi connectivity index (χ1n) is 7.27. The lowest BCUT2D eigenvalue weighted by Gasteiger charge is -2.07. The van der Waals surface area contributed by atoms with E-state index in [2.05, 4.69) is 5.16 Å². The molecule has 0 bridgehead atoms. The lowest BCUT2D eigenvalue weighted by Crippen LogP contribution is -2.01. The summed E-state index contributed by atoms with van der Waals surface area (Å²) >= 11 is 0. The number of benzene rings is 2. The first kappa shape index (κ1) is 18.2. The van der Waals surface area contributed by atoms with E-state index in [1.807, 2.05) is 0 Å². The van der Waals surface area contributed by atoms with Crippen molar-refractivity contribution in [1.82, 2.24) is 5.16 Å². The van der Waals surface area contributed by atoms with Crippen LogP contribution in [0.5, 0.6) is 0 Å². The van der Waals surface area contributed by atoms with Gasteiger partial charge in [-0.1, -0.05) is 11.2 Å². The van der Waals surface area contributed by atoms with Gasteiger partial charge in [0.2, 0.25) is 0 Å². The molecular weight excluding hydrogens is 371 g/mol. The van der Waals surface area contributed by atoms with Crippen LogP contribution < -0.4 is 0 Å². The second-order valence-electron chi connectivity index (χ2n) is 5.53. The van der Waals surface area contributed by atoms with E-state index in [0.29, 0.717) is 0 Å². The number of hydrogen-bond donors (Lipinski definition) is 1. The number of aromatic nitrogens is 1. The van der Waals surface area contributed by atoms with Crippen molar-refractivity contribution in [1.29, 1.82) is 0 Å². The Kier molecular flexibility index (Phi) is 4.59. The van der Waals surface area contributed by atoms with E-state index in [0.717, 1.165) is 30.5 Å². The zero-order chi connectivity index (χ0) is 19.1. The molecule has 5 nitrogen and oxygen atoms in total. The van der Waals surface area contributed by atoms with Gasteiger partial charge in [0.15, 0.2) is 27.2 Å². The molecule has 0 radical (unpaired) electrons. The molecule has 0 aliphatic carbocycles. The molecule has 0 spiro atoms. The fraction of sp³-hybridized carbons (Fsp3) is 0.118. The molecule has 0 saturated heterocycles. The highest BCUT2D eigenvalue weighted by atomic mass is 32.2. The van der Waals surface area contributed by atoms with Gasteiger partial charge in [0, 0.05) is 11.8 Å². The maximum atomic E-state index is 14.2. The Hall–Kier alpha value is -2.65. The molecule has 0 fully saturated rings. The third-order valence-electron chi connectivity index (χ3n) is 3.72. The van der Waals surface area contributed by atoms with Crippen LogP contribution in [0.2, 0.25) is 0 Å². The van der Waals surface area contributed by atoms with Crippen molar-refractivity contribution in [2.24, 2.45) is 0 Å². The Labute approximate surface area is 146 Å². The highest BCUT2D eigenvalue weighted by Gasteiger charge is 2.22. The molecule has 1 heterocycles. The SMILES string of the molecule is CS(=O)(=O)c1ccc(-c2c(-c3ccc(F)c(F)c3)noc2CO)cc1F. The summed E-state index contributed by atoms with van der Waals surface area (Å²) in [7, 11) is -3.76. The summed E-state index contributed by atoms with van der Waals surface area (Å²) in [6.45, 7) is -0.582. The number of aliphatic hydroxyl groups is 1. The number of aliphatic hydroxyl groups excluding tert-OH is 1. The fourth-order valence-electron chi connectivity index (χ4n) is 2.53. The van der Waals surface area contributed by atoms with Crippen molar-refractivity contribution in [2.45, 2.75) is 11.5 Å². The van der Waals surface area contributed by atoms with Crippen LogP contribution in [0.4, 0.5) is 13.2 Å². The second-order valence-corrected chi connectivity index (χ2v) is 7.52. The molecule has 1 N–H and O–H groups in total. The highest BCUT2D eigenvalue weighted by Crippen LogP contribution is 2.36. The van der Waals surface area contributed by atoms with E-state index < -0.39 is 38.8 Å². The van der Waals surface area contributed by atoms with Gasteiger partial charge in [-0.2, -0.15) is 0 Å². The highest BCUT2D eigenvalue weighted by molar-refractivity contribution is 7.90. The maximum absolute atomic E-state index is 14.2. The molecular formula is C17H12F3NO4S. The summed E-state index contributed by atoms with van der Waals surface area (Å²) in [6, 6.07) is 6.37. The third kappa shape index (κ3) is 3.23. The van der Waals surface area contributed by atoms with E-state index in [9.17, 15) is 26.7 Å². The van der Waals surface area contributed by atoms with Crippen LogP contribution in [0.1, 0.15) is 5.76 Å². The number of halogens is 3. The zero-order valence-corrected chi connectivity index (χ0v) is 14.1. The van der Waals surface area contributed by atoms with Crippen LogP contribution in [0, 0.1) is 17.5 Å². The third-order valence-corrected chi connectivity index (χ3v) is 4.85. The minimum absolute atomic E-state index is 0.0313. The Bertz CT molecular complexity index is 1090. The Morgan fingerprint density at radius 2 is 1.65 bits per heavy atom. The molecule has 26 heavy (non-hydrogen) atoms. The average Bonchev–Trinajstić information content (AvgIpc) is 3.00. The number of rotatable bonds is 4. The van der Waals surface area contributed by atoms with E-state index >= 15 is 0 Å². The van der Waals surface area contributed by atoms with Gasteiger partial charge in [0.25, 0.3) is 0 Å². The predicted octanol–water partition coefficient (Wildman–Crippen LogP) is 3.32. The van der Waals surface area contributed by atoms with E-state index in [1.54, 1.807) is 0 Å². The van der Waals surface area contributed by atoms with Crippen LogP contribution in [0.25, 0.3) is 22.4 Å². The quantitative estimate of drug-likeness (QED) is 0.748. The van der Waals surface area contributed by atoms with Crippen LogP contribution in [-0.4, -0.2) is 24.9 Å². The zero-order valence-electron chi connectivity index (χ0n) is 13.3. The lowest BCUT2D eigenvalue weighted by molar-refractivity contribution is 0.230. The first-order chi connectivity index (χ1) is 12.2. The van der Waals surface area contributed by atoms with Crippen LogP contribution in [0.15, 0.2) is 45.8 Å². The Balaban J connectivity index is 2.20. The van der Waals surface area contributed by atoms with Gasteiger partial charge in [-0.05, 0) is 35.9 Å². The van der Waals surface area contributed by atoms with E-state index in [-0.39, 0.29) is 28.1 Å². The summed E-state index contributed by atoms with van der Waals surface area (Å²) in [5.41, 5.74) is 0.520. The minimum Gasteiger partial charge on any atom is -0.388 e. The molecule has 0 unspecified atom stereocenters. The normalized spacial score (nSPS) is 11.7. The molecule has 0 saturated carbocycles. The second kappa shape index (κ2) is 6.58. The largest absolute Gasteiger partial charge is 0.388 e. The van der Waals surface area contributed by atoms with Crippen molar-refractivity contribution < 1.29 is 31.2 Å². The Morgan fingerprint density at radius 1 is 1.00 bits per heavy atom. The van der Waals surface area contributed by atoms with Crippen molar-refractivity contribution in [3.05, 3.63) is 59.6 Å². The first-order valence-corrected chi connectivity index (χ1v) is 9.16. The van der Waals surface area contributed by atoms with Crippen molar-refractivity contribution in [2.75, 3.05) is 6.26 Å². The van der Waals surface area contributed by atoms with E-state index in [4.69, 9.17) is 4.52 Å². The van der Waals surface area contributed by atoms with Gasteiger partial charge in [0.05, 0.1) is 5.56 Å². The van der Waals surface area contributed by atoms with Gasteiger partial charge >= 0.3 is 0 Å². The topological polar surface area (TPSA) is 80.4 Å². The summed E-state index contributed by atoms with van der Waals surface area (Å²) < 4.78 is 69.0. The maximum Gasteiger partial charge on any atom is 0.178 e. The van der Waals surface area contributed by atoms with Gasteiger partial charge < -0.3 is 9.63 Å². The molecule has 0 aliphatic heterocycles. The van der Waals surface area contributed by atoms with Crippen LogP contribution >= 0.6 is 0 Å². The Morgan fingerprint density at radius 3 is 2.23 bits per heavy atom. The smallest absolute Gasteiger partial charge is 0.178 e. The fourth-order valence-corrected chi connectivity index (χ4v) is 3.26. The lowest BCUT2D eigenvalue weighted by atomic mass is 9.99. The predicted molar refractivity (Wildman–Crippen MR) is 86.3 cm³/mol. The molecule has 3 aromatic rings. The van der Waals surface area contributed by atoms with Gasteiger partial charge in [-0.25, -0.2) is 21.6 Å². The number of hydrogen-bond acceptors (Lipinski definition) is 5. The van der Waals surface area contributed by atoms with Gasteiger partial charge in [0.1, 0.15) is 23.0 Å². The van der Waals surface area contributed by atoms with Crippen molar-refractivity contribution in [3.8, 4) is 22.4 Å². The molecule has 136 valence electrons. The summed E-state index contributed by atoms with van der Waals surface area (Å²) in [6.07, 6.45) is 0.871. The molecule has 9 heteroatoms. The number of nitrogens with zero attached hydrogens (tertiary/aromatic N) is 1. The average molecular weight is 383 g/mol. The van der Waals surface area contributed by atoms with Gasteiger partial charge in [-0.3, -0.25) is 0 Å². The van der Waals surface area contributed by atoms with E-state index in [1.165, 1.54) is 12.1 Å². The van der Waals surface area contributed by atoms with Crippen molar-refractivity contribution in [3.63, 3.8) is 0 Å². The molecule has 3 rings (SSSR count). The molecule has 0 atom stereocenters. The molecule has 1 aromatic heterocycles. The number of sulfone groups is 1. The van der Waals surface area contributed by atoms with Crippen molar-refractivity contribution >= 4 is 9.84 Å². The van der Waals surface area contributed by atoms with Gasteiger partial charge in [-0.15, -0.1) is 0 Å². The monoisotopic (exact) mass is 383 g/mol. The summed E-state index contributed by atoms with van der Waals surface area (Å²) in [4.78, 5) is -0.488. The summed E-state index contributed by atoms with van der Waals surface area (Å²) in [5.74, 6) is -3.19. The molecule has 2 aromatic carbocycles. The van der Waals surface area contributed by atoms with Crippen LogP contribution in [0.3, 0.4) is 0 Å². The minimum atomic E-state index is -3.76. The standard InChI is InChI=1S/C17H12F3NO4S/c1-26(23,24)15-5-3-9(6-13(15)20)16-14(8-22)25-21-17(16)10-2-4-11(18)12(19)7-10/h2-7,22H,8H2,1H3.